The Morgan fingerprint density at radius 1 is 0.558 bits per heavy atom. The van der Waals surface area contributed by atoms with Crippen molar-refractivity contribution in [3.63, 3.8) is 0 Å². The highest BCUT2D eigenvalue weighted by Crippen LogP contribution is 2.61. The van der Waals surface area contributed by atoms with Gasteiger partial charge in [0, 0.05) is 10.8 Å². The number of anilines is 5. The molecule has 2 aromatic rings. The predicted octanol–water partition coefficient (Wildman–Crippen LogP) is 5.16. The van der Waals surface area contributed by atoms with E-state index in [-0.39, 0.29) is 63.6 Å². The smallest absolute Gasteiger partial charge is 0.423 e. The summed E-state index contributed by atoms with van der Waals surface area (Å²) >= 11 is 0. The Hall–Kier alpha value is -4.68. The van der Waals surface area contributed by atoms with Crippen LogP contribution in [0.1, 0.15) is 103 Å². The van der Waals surface area contributed by atoms with Gasteiger partial charge in [-0.25, -0.2) is 19.2 Å². The van der Waals surface area contributed by atoms with Crippen LogP contribution in [0.2, 0.25) is 0 Å². The minimum atomic E-state index is -1.56. The van der Waals surface area contributed by atoms with E-state index in [1.807, 2.05) is 0 Å². The number of rotatable bonds is 8. The third-order valence-corrected chi connectivity index (χ3v) is 13.2. The molecule has 52 heavy (non-hydrogen) atoms. The van der Waals surface area contributed by atoms with Gasteiger partial charge in [0.05, 0.1) is 41.7 Å². The van der Waals surface area contributed by atoms with Crippen LogP contribution in [0.4, 0.5) is 28.4 Å². The first kappa shape index (κ1) is 34.4. The average Bonchev–Trinajstić information content (AvgIpc) is 3.06. The SMILES string of the molecule is Cc1cc(N)c(OC(=O)C(=O)Oc2c(N)cc(N)c(N)c2C(=O)OCC23CC4CC(CC(C4)C2)C3)c(C(=O)OCC23CC4CC(CC(C4)C2)C3)c1N. The van der Waals surface area contributed by atoms with Crippen LogP contribution in [0, 0.1) is 53.3 Å². The monoisotopic (exact) mass is 715 g/mol. The zero-order valence-electron chi connectivity index (χ0n) is 29.7. The predicted molar refractivity (Wildman–Crippen MR) is 193 cm³/mol. The van der Waals surface area contributed by atoms with Crippen LogP contribution in [-0.2, 0) is 19.1 Å². The Morgan fingerprint density at radius 3 is 1.29 bits per heavy atom. The summed E-state index contributed by atoms with van der Waals surface area (Å²) in [5.41, 5.74) is 30.1. The maximum atomic E-state index is 13.7. The summed E-state index contributed by atoms with van der Waals surface area (Å²) in [5.74, 6) is -1.82. The van der Waals surface area contributed by atoms with Gasteiger partial charge >= 0.3 is 23.9 Å². The van der Waals surface area contributed by atoms with Crippen LogP contribution in [0.5, 0.6) is 11.5 Å². The second-order valence-corrected chi connectivity index (χ2v) is 17.3. The van der Waals surface area contributed by atoms with Crippen molar-refractivity contribution in [3.05, 3.63) is 28.8 Å². The fraction of sp³-hybridized carbons (Fsp3) is 0.590. The number of benzene rings is 2. The van der Waals surface area contributed by atoms with E-state index < -0.39 is 35.4 Å². The second-order valence-electron chi connectivity index (χ2n) is 17.3. The lowest BCUT2D eigenvalue weighted by atomic mass is 9.50. The van der Waals surface area contributed by atoms with Crippen molar-refractivity contribution >= 4 is 52.3 Å². The number of esters is 4. The molecule has 13 nitrogen and oxygen atoms in total. The van der Waals surface area contributed by atoms with Gasteiger partial charge in [0.15, 0.2) is 11.5 Å². The molecule has 2 aromatic carbocycles. The zero-order chi connectivity index (χ0) is 36.7. The van der Waals surface area contributed by atoms with E-state index in [1.165, 1.54) is 50.7 Å². The van der Waals surface area contributed by atoms with Crippen LogP contribution in [-0.4, -0.2) is 37.1 Å². The minimum absolute atomic E-state index is 0.000451. The van der Waals surface area contributed by atoms with Crippen molar-refractivity contribution < 1.29 is 38.1 Å². The first-order valence-electron chi connectivity index (χ1n) is 18.6. The summed E-state index contributed by atoms with van der Waals surface area (Å²) in [5, 5.41) is 0. The molecule has 0 saturated heterocycles. The Balaban J connectivity index is 0.984. The largest absolute Gasteiger partial charge is 0.461 e. The molecule has 0 spiro atoms. The molecule has 278 valence electrons. The Labute approximate surface area is 302 Å². The third-order valence-electron chi connectivity index (χ3n) is 13.2. The number of hydrogen-bond donors (Lipinski definition) is 5. The van der Waals surface area contributed by atoms with Crippen molar-refractivity contribution in [1.82, 2.24) is 0 Å². The maximum absolute atomic E-state index is 13.7. The van der Waals surface area contributed by atoms with Gasteiger partial charge < -0.3 is 47.6 Å². The first-order chi connectivity index (χ1) is 24.7. The topological polar surface area (TPSA) is 235 Å². The number of carbonyl (C=O) groups is 4. The van der Waals surface area contributed by atoms with E-state index in [9.17, 15) is 19.2 Å². The maximum Gasteiger partial charge on any atom is 0.423 e. The highest BCUT2D eigenvalue weighted by molar-refractivity contribution is 6.31. The first-order valence-corrected chi connectivity index (χ1v) is 18.6. The normalized spacial score (nSPS) is 32.0. The Bertz CT molecular complexity index is 1670. The summed E-state index contributed by atoms with van der Waals surface area (Å²) in [6.45, 7) is 2.06. The molecular weight excluding hydrogens is 666 g/mol. The van der Waals surface area contributed by atoms with Gasteiger partial charge in [-0.15, -0.1) is 0 Å². The van der Waals surface area contributed by atoms with E-state index in [2.05, 4.69) is 0 Å². The van der Waals surface area contributed by atoms with E-state index in [1.54, 1.807) is 6.92 Å². The van der Waals surface area contributed by atoms with Crippen molar-refractivity contribution in [2.45, 2.75) is 84.0 Å². The quantitative estimate of drug-likeness (QED) is 0.103. The molecule has 0 atom stereocenters. The van der Waals surface area contributed by atoms with Gasteiger partial charge in [0.25, 0.3) is 0 Å². The molecular formula is C39H49N5O8. The molecule has 13 heteroatoms. The molecule has 8 aliphatic rings. The Kier molecular flexibility index (Phi) is 8.26. The molecule has 0 aromatic heterocycles. The van der Waals surface area contributed by atoms with E-state index >= 15 is 0 Å². The molecule has 0 amide bonds. The molecule has 8 saturated carbocycles. The highest BCUT2D eigenvalue weighted by Gasteiger charge is 2.53. The standard InChI is InChI=1S/C39H49N5O8/c1-18-2-26(41)32(28(30(18)43)34(45)49-16-38-10-19-3-20(11-38)5-21(4-19)12-38)51-36(47)37(48)52-33-27(42)9-25(40)31(44)29(33)35(46)50-17-39-13-22-6-23(14-39)8-24(7-22)15-39/h2,9,19-24H,3-8,10-17,40-44H2,1H3. The van der Waals surface area contributed by atoms with Gasteiger partial charge in [-0.1, -0.05) is 0 Å². The van der Waals surface area contributed by atoms with E-state index in [4.69, 9.17) is 47.6 Å². The molecule has 0 aliphatic heterocycles. The van der Waals surface area contributed by atoms with Crippen LogP contribution in [0.15, 0.2) is 12.1 Å². The molecule has 8 bridgehead atoms. The number of carbonyl (C=O) groups excluding carboxylic acids is 4. The fourth-order valence-corrected chi connectivity index (χ4v) is 12.0. The molecule has 0 radical (unpaired) electrons. The number of nitrogens with two attached hydrogens (primary N) is 5. The second kappa shape index (κ2) is 12.5. The van der Waals surface area contributed by atoms with Crippen molar-refractivity contribution in [2.24, 2.45) is 46.3 Å². The van der Waals surface area contributed by atoms with Gasteiger partial charge in [-0.05, 0) is 137 Å². The minimum Gasteiger partial charge on any atom is -0.461 e. The lowest BCUT2D eigenvalue weighted by Crippen LogP contribution is -2.48. The number of nitrogen functional groups attached to an aromatic ring is 5. The molecule has 8 aliphatic carbocycles. The third kappa shape index (κ3) is 6.05. The molecule has 10 N–H and O–H groups in total. The van der Waals surface area contributed by atoms with Gasteiger partial charge in [-0.2, -0.15) is 0 Å². The highest BCUT2D eigenvalue weighted by atomic mass is 16.6. The van der Waals surface area contributed by atoms with E-state index in [0.717, 1.165) is 38.5 Å². The summed E-state index contributed by atoms with van der Waals surface area (Å²) in [6, 6.07) is 2.64. The molecule has 8 fully saturated rings. The van der Waals surface area contributed by atoms with E-state index in [0.29, 0.717) is 41.1 Å². The number of ether oxygens (including phenoxy) is 4. The Morgan fingerprint density at radius 2 is 0.904 bits per heavy atom. The lowest BCUT2D eigenvalue weighted by Gasteiger charge is -2.56. The summed E-state index contributed by atoms with van der Waals surface area (Å²) in [4.78, 5) is 53.9. The van der Waals surface area contributed by atoms with Crippen LogP contribution < -0.4 is 38.1 Å². The van der Waals surface area contributed by atoms with Crippen LogP contribution in [0.3, 0.4) is 0 Å². The molecule has 0 unspecified atom stereocenters. The summed E-state index contributed by atoms with van der Waals surface area (Å²) in [7, 11) is 0. The summed E-state index contributed by atoms with van der Waals surface area (Å²) < 4.78 is 22.5. The summed E-state index contributed by atoms with van der Waals surface area (Å²) in [6.07, 6.45) is 13.5. The fourth-order valence-electron chi connectivity index (χ4n) is 12.0. The molecule has 0 heterocycles. The van der Waals surface area contributed by atoms with Gasteiger partial charge in [0.1, 0.15) is 11.1 Å². The number of aryl methyl sites for hydroxylation is 1. The van der Waals surface area contributed by atoms with Crippen LogP contribution in [0.25, 0.3) is 0 Å². The lowest BCUT2D eigenvalue weighted by molar-refractivity contribution is -0.156. The van der Waals surface area contributed by atoms with Crippen molar-refractivity contribution in [1.29, 1.82) is 0 Å². The number of hydrogen-bond acceptors (Lipinski definition) is 13. The van der Waals surface area contributed by atoms with Gasteiger partial charge in [-0.3, -0.25) is 0 Å². The zero-order valence-corrected chi connectivity index (χ0v) is 29.7. The average molecular weight is 716 g/mol. The van der Waals surface area contributed by atoms with Crippen LogP contribution >= 0.6 is 0 Å². The molecule has 10 rings (SSSR count). The van der Waals surface area contributed by atoms with Crippen molar-refractivity contribution in [3.8, 4) is 11.5 Å². The van der Waals surface area contributed by atoms with Gasteiger partial charge in [0.2, 0.25) is 0 Å². The van der Waals surface area contributed by atoms with Crippen molar-refractivity contribution in [2.75, 3.05) is 41.9 Å².